The van der Waals surface area contributed by atoms with Crippen molar-refractivity contribution >= 4 is 11.7 Å². The van der Waals surface area contributed by atoms with Gasteiger partial charge in [0, 0.05) is 12.0 Å². The number of aliphatic hydroxyl groups excluding tert-OH is 1. The van der Waals surface area contributed by atoms with Crippen LogP contribution in [0.15, 0.2) is 0 Å². The van der Waals surface area contributed by atoms with Gasteiger partial charge in [-0.3, -0.25) is 9.59 Å². The van der Waals surface area contributed by atoms with E-state index in [4.69, 9.17) is 0 Å². The van der Waals surface area contributed by atoms with Gasteiger partial charge in [0.15, 0.2) is 5.78 Å². The van der Waals surface area contributed by atoms with Crippen molar-refractivity contribution in [2.24, 2.45) is 5.41 Å². The Hall–Kier alpha value is -0.900. The second kappa shape index (κ2) is 4.53. The van der Waals surface area contributed by atoms with Crippen LogP contribution in [-0.4, -0.2) is 40.4 Å². The molecule has 92 valence electrons. The third-order valence-corrected chi connectivity index (χ3v) is 2.94. The quantitative estimate of drug-likeness (QED) is 0.765. The maximum Gasteiger partial charge on any atom is 0.251 e. The fourth-order valence-electron chi connectivity index (χ4n) is 2.04. The first-order valence-corrected chi connectivity index (χ1v) is 5.78. The number of aliphatic hydroxyl groups is 1. The molecule has 1 saturated heterocycles. The average Bonchev–Trinajstić information content (AvgIpc) is 2.61. The molecule has 0 bridgehead atoms. The van der Waals surface area contributed by atoms with E-state index in [1.165, 1.54) is 11.8 Å². The largest absolute Gasteiger partial charge is 0.384 e. The Morgan fingerprint density at radius 2 is 1.94 bits per heavy atom. The Bertz CT molecular complexity index is 291. The monoisotopic (exact) mass is 227 g/mol. The van der Waals surface area contributed by atoms with E-state index in [1.54, 1.807) is 0 Å². The highest BCUT2D eigenvalue weighted by molar-refractivity contribution is 5.93. The molecule has 0 radical (unpaired) electrons. The molecule has 1 N–H and O–H groups in total. The van der Waals surface area contributed by atoms with Gasteiger partial charge in [-0.05, 0) is 19.8 Å². The van der Waals surface area contributed by atoms with E-state index in [2.05, 4.69) is 0 Å². The summed E-state index contributed by atoms with van der Waals surface area (Å²) in [5, 5.41) is 9.28. The van der Waals surface area contributed by atoms with Crippen LogP contribution < -0.4 is 0 Å². The Morgan fingerprint density at radius 3 is 2.38 bits per heavy atom. The number of hydrogen-bond acceptors (Lipinski definition) is 3. The summed E-state index contributed by atoms with van der Waals surface area (Å²) < 4.78 is 0. The van der Waals surface area contributed by atoms with Gasteiger partial charge in [-0.25, -0.2) is 0 Å². The molecule has 1 fully saturated rings. The number of amides is 1. The highest BCUT2D eigenvalue weighted by Gasteiger charge is 2.39. The van der Waals surface area contributed by atoms with Crippen LogP contribution in [0, 0.1) is 5.41 Å². The van der Waals surface area contributed by atoms with Crippen LogP contribution in [-0.2, 0) is 9.59 Å². The molecule has 0 aromatic heterocycles. The van der Waals surface area contributed by atoms with Gasteiger partial charge in [-0.1, -0.05) is 20.8 Å². The normalized spacial score (nSPS) is 23.3. The number of likely N-dealkylation sites (tertiary alicyclic amines) is 1. The summed E-state index contributed by atoms with van der Waals surface area (Å²) in [5.41, 5.74) is -0.438. The van der Waals surface area contributed by atoms with Crippen molar-refractivity contribution < 1.29 is 14.7 Å². The molecule has 0 aromatic rings. The Kier molecular flexibility index (Phi) is 3.73. The zero-order chi connectivity index (χ0) is 12.5. The lowest BCUT2D eigenvalue weighted by atomic mass is 9.85. The molecule has 4 nitrogen and oxygen atoms in total. The zero-order valence-corrected chi connectivity index (χ0v) is 10.5. The smallest absolute Gasteiger partial charge is 0.251 e. The third-order valence-electron chi connectivity index (χ3n) is 2.94. The summed E-state index contributed by atoms with van der Waals surface area (Å²) in [7, 11) is 0. The standard InChI is InChI=1S/C12H21NO3/c1-8(14)11(16)13-7-5-6-9(13)10(15)12(2,3)4/h8-9,14H,5-7H2,1-4H3. The summed E-state index contributed by atoms with van der Waals surface area (Å²) in [6, 6.07) is -0.345. The lowest BCUT2D eigenvalue weighted by Crippen LogP contribution is -2.47. The summed E-state index contributed by atoms with van der Waals surface area (Å²) >= 11 is 0. The van der Waals surface area contributed by atoms with Crippen molar-refractivity contribution in [3.05, 3.63) is 0 Å². The lowest BCUT2D eigenvalue weighted by Gasteiger charge is -2.29. The van der Waals surface area contributed by atoms with Gasteiger partial charge in [0.2, 0.25) is 0 Å². The minimum absolute atomic E-state index is 0.0824. The van der Waals surface area contributed by atoms with E-state index in [-0.39, 0.29) is 17.7 Å². The van der Waals surface area contributed by atoms with Gasteiger partial charge in [0.1, 0.15) is 6.10 Å². The van der Waals surface area contributed by atoms with Gasteiger partial charge >= 0.3 is 0 Å². The van der Waals surface area contributed by atoms with Crippen LogP contribution in [0.3, 0.4) is 0 Å². The van der Waals surface area contributed by atoms with Crippen molar-refractivity contribution in [2.45, 2.75) is 52.7 Å². The summed E-state index contributed by atoms with van der Waals surface area (Å²) in [6.45, 7) is 7.60. The van der Waals surface area contributed by atoms with E-state index in [0.717, 1.165) is 6.42 Å². The number of ketones is 1. The Labute approximate surface area is 96.6 Å². The zero-order valence-electron chi connectivity index (χ0n) is 10.5. The molecule has 2 atom stereocenters. The van der Waals surface area contributed by atoms with E-state index in [0.29, 0.717) is 13.0 Å². The molecular weight excluding hydrogens is 206 g/mol. The van der Waals surface area contributed by atoms with Crippen molar-refractivity contribution in [3.8, 4) is 0 Å². The first-order valence-electron chi connectivity index (χ1n) is 5.78. The highest BCUT2D eigenvalue weighted by atomic mass is 16.3. The number of carbonyl (C=O) groups is 2. The summed E-state index contributed by atoms with van der Waals surface area (Å²) in [5.74, 6) is -0.251. The van der Waals surface area contributed by atoms with Gasteiger partial charge in [-0.2, -0.15) is 0 Å². The number of Topliss-reactive ketones (excluding diaryl/α,β-unsaturated/α-hetero) is 1. The van der Waals surface area contributed by atoms with Crippen molar-refractivity contribution in [2.75, 3.05) is 6.54 Å². The number of hydrogen-bond donors (Lipinski definition) is 1. The molecule has 1 amide bonds. The highest BCUT2D eigenvalue weighted by Crippen LogP contribution is 2.27. The second-order valence-electron chi connectivity index (χ2n) is 5.48. The van der Waals surface area contributed by atoms with E-state index >= 15 is 0 Å². The van der Waals surface area contributed by atoms with E-state index < -0.39 is 11.5 Å². The van der Waals surface area contributed by atoms with E-state index in [1.807, 2.05) is 20.8 Å². The predicted octanol–water partition coefficient (Wildman–Crippen LogP) is 0.973. The van der Waals surface area contributed by atoms with Crippen LogP contribution in [0.1, 0.15) is 40.5 Å². The molecule has 0 aliphatic carbocycles. The maximum absolute atomic E-state index is 12.1. The first-order chi connectivity index (χ1) is 7.25. The third kappa shape index (κ3) is 2.61. The molecular formula is C12H21NO3. The molecule has 1 aliphatic heterocycles. The van der Waals surface area contributed by atoms with Crippen LogP contribution in [0.4, 0.5) is 0 Å². The van der Waals surface area contributed by atoms with Gasteiger partial charge in [-0.15, -0.1) is 0 Å². The number of nitrogens with zero attached hydrogens (tertiary/aromatic N) is 1. The molecule has 4 heteroatoms. The molecule has 0 spiro atoms. The topological polar surface area (TPSA) is 57.6 Å². The molecule has 16 heavy (non-hydrogen) atoms. The molecule has 0 saturated carbocycles. The summed E-state index contributed by atoms with van der Waals surface area (Å²) in [4.78, 5) is 25.4. The van der Waals surface area contributed by atoms with Crippen LogP contribution in [0.2, 0.25) is 0 Å². The van der Waals surface area contributed by atoms with Crippen molar-refractivity contribution in [1.82, 2.24) is 4.90 Å². The van der Waals surface area contributed by atoms with Crippen molar-refractivity contribution in [1.29, 1.82) is 0 Å². The second-order valence-corrected chi connectivity index (χ2v) is 5.48. The first kappa shape index (κ1) is 13.2. The SMILES string of the molecule is CC(O)C(=O)N1CCCC1C(=O)C(C)(C)C. The van der Waals surface area contributed by atoms with E-state index in [9.17, 15) is 14.7 Å². The lowest BCUT2D eigenvalue weighted by molar-refractivity contribution is -0.146. The molecule has 1 aliphatic rings. The summed E-state index contributed by atoms with van der Waals surface area (Å²) in [6.07, 6.45) is 0.535. The average molecular weight is 227 g/mol. The molecule has 1 rings (SSSR count). The van der Waals surface area contributed by atoms with Gasteiger partial charge < -0.3 is 10.0 Å². The Balaban J connectivity index is 2.81. The fraction of sp³-hybridized carbons (Fsp3) is 0.833. The fourth-order valence-corrected chi connectivity index (χ4v) is 2.04. The van der Waals surface area contributed by atoms with Gasteiger partial charge in [0.05, 0.1) is 6.04 Å². The molecule has 1 heterocycles. The van der Waals surface area contributed by atoms with Crippen LogP contribution in [0.5, 0.6) is 0 Å². The Morgan fingerprint density at radius 1 is 1.38 bits per heavy atom. The van der Waals surface area contributed by atoms with Crippen molar-refractivity contribution in [3.63, 3.8) is 0 Å². The van der Waals surface area contributed by atoms with Gasteiger partial charge in [0.25, 0.3) is 5.91 Å². The number of rotatable bonds is 2. The predicted molar refractivity (Wildman–Crippen MR) is 60.9 cm³/mol. The van der Waals surface area contributed by atoms with Crippen LogP contribution >= 0.6 is 0 Å². The van der Waals surface area contributed by atoms with Crippen LogP contribution in [0.25, 0.3) is 0 Å². The minimum atomic E-state index is -1.02. The minimum Gasteiger partial charge on any atom is -0.384 e. The molecule has 2 unspecified atom stereocenters. The maximum atomic E-state index is 12.1. The molecule has 0 aromatic carbocycles. The number of carbonyl (C=O) groups excluding carboxylic acids is 2.